The van der Waals surface area contributed by atoms with Crippen molar-refractivity contribution >= 4 is 21.6 Å². The topological polar surface area (TPSA) is 66.5 Å². The molecule has 2 aliphatic rings. The first kappa shape index (κ1) is 17.3. The second-order valence-electron chi connectivity index (χ2n) is 7.41. The zero-order valence-corrected chi connectivity index (χ0v) is 15.4. The quantitative estimate of drug-likeness (QED) is 0.886. The van der Waals surface area contributed by atoms with E-state index in [2.05, 4.69) is 5.32 Å². The number of fused-ring (bicyclic) bond motifs is 2. The van der Waals surface area contributed by atoms with Crippen molar-refractivity contribution in [2.45, 2.75) is 45.6 Å². The molecule has 2 saturated carbocycles. The molecule has 0 radical (unpaired) electrons. The largest absolute Gasteiger partial charge is 0.352 e. The molecule has 2 bridgehead atoms. The van der Waals surface area contributed by atoms with Crippen LogP contribution >= 0.6 is 0 Å². The maximum Gasteiger partial charge on any atom is 0.241 e. The van der Waals surface area contributed by atoms with Crippen LogP contribution in [0.25, 0.3) is 0 Å². The van der Waals surface area contributed by atoms with Gasteiger partial charge in [0.25, 0.3) is 0 Å². The van der Waals surface area contributed by atoms with E-state index in [4.69, 9.17) is 0 Å². The number of anilines is 1. The Morgan fingerprint density at radius 1 is 1.25 bits per heavy atom. The standard InChI is InChI=1S/C18H26N2O3S/c1-12-4-5-13(2)17(8-12)20(24(3,22)23)11-18(21)19-16-10-14-6-7-15(16)9-14/h4-5,8,14-16H,6-7,9-11H2,1-3H3,(H,19,21)/t14-,15+,16-/m1/s1. The number of benzene rings is 1. The zero-order valence-electron chi connectivity index (χ0n) is 14.6. The summed E-state index contributed by atoms with van der Waals surface area (Å²) in [6.45, 7) is 3.62. The first-order valence-corrected chi connectivity index (χ1v) is 10.4. The van der Waals surface area contributed by atoms with Crippen LogP contribution in [0.4, 0.5) is 5.69 Å². The molecular formula is C18H26N2O3S. The number of rotatable bonds is 5. The summed E-state index contributed by atoms with van der Waals surface area (Å²) in [5.74, 6) is 1.11. The first-order valence-electron chi connectivity index (χ1n) is 8.58. The summed E-state index contributed by atoms with van der Waals surface area (Å²) in [6.07, 6.45) is 5.85. The molecule has 0 aliphatic heterocycles. The number of nitrogens with one attached hydrogen (secondary N) is 1. The summed E-state index contributed by atoms with van der Waals surface area (Å²) in [4.78, 5) is 12.5. The lowest BCUT2D eigenvalue weighted by atomic mass is 9.95. The van der Waals surface area contributed by atoms with Crippen molar-refractivity contribution in [3.8, 4) is 0 Å². The number of aryl methyl sites for hydroxylation is 2. The van der Waals surface area contributed by atoms with Gasteiger partial charge in [-0.15, -0.1) is 0 Å². The summed E-state index contributed by atoms with van der Waals surface area (Å²) in [5, 5.41) is 3.07. The lowest BCUT2D eigenvalue weighted by molar-refractivity contribution is -0.120. The SMILES string of the molecule is Cc1ccc(C)c(N(CC(=O)N[C@@H]2C[C@@H]3CC[C@H]2C3)S(C)(=O)=O)c1. The predicted octanol–water partition coefficient (Wildman–Crippen LogP) is 2.37. The molecule has 1 amide bonds. The number of nitrogens with zero attached hydrogens (tertiary/aromatic N) is 1. The highest BCUT2D eigenvalue weighted by Gasteiger charge is 2.40. The Balaban J connectivity index is 1.75. The van der Waals surface area contributed by atoms with E-state index in [-0.39, 0.29) is 18.5 Å². The number of hydrogen-bond acceptors (Lipinski definition) is 3. The molecule has 0 spiro atoms. The third-order valence-corrected chi connectivity index (χ3v) is 6.53. The van der Waals surface area contributed by atoms with E-state index >= 15 is 0 Å². The fraction of sp³-hybridized carbons (Fsp3) is 0.611. The Kier molecular flexibility index (Phi) is 4.60. The van der Waals surface area contributed by atoms with Crippen LogP contribution in [0.3, 0.4) is 0 Å². The molecule has 0 heterocycles. The van der Waals surface area contributed by atoms with Crippen LogP contribution in [0.1, 0.15) is 36.8 Å². The number of carbonyl (C=O) groups excluding carboxylic acids is 1. The average molecular weight is 350 g/mol. The number of carbonyl (C=O) groups is 1. The molecule has 1 N–H and O–H groups in total. The second-order valence-corrected chi connectivity index (χ2v) is 9.32. The van der Waals surface area contributed by atoms with E-state index in [1.54, 1.807) is 0 Å². The Morgan fingerprint density at radius 2 is 2.00 bits per heavy atom. The molecule has 5 nitrogen and oxygen atoms in total. The molecule has 132 valence electrons. The minimum atomic E-state index is -3.52. The molecule has 3 rings (SSSR count). The van der Waals surface area contributed by atoms with Crippen LogP contribution in [-0.4, -0.2) is 33.2 Å². The number of amides is 1. The zero-order chi connectivity index (χ0) is 17.5. The lowest BCUT2D eigenvalue weighted by Gasteiger charge is -2.27. The van der Waals surface area contributed by atoms with Crippen molar-refractivity contribution in [2.75, 3.05) is 17.1 Å². The van der Waals surface area contributed by atoms with Gasteiger partial charge in [0.2, 0.25) is 15.9 Å². The highest BCUT2D eigenvalue weighted by atomic mass is 32.2. The van der Waals surface area contributed by atoms with Gasteiger partial charge in [0, 0.05) is 6.04 Å². The van der Waals surface area contributed by atoms with Gasteiger partial charge in [-0.05, 0) is 62.1 Å². The molecule has 1 aromatic rings. The van der Waals surface area contributed by atoms with Crippen molar-refractivity contribution in [1.29, 1.82) is 0 Å². The highest BCUT2D eigenvalue weighted by molar-refractivity contribution is 7.92. The van der Waals surface area contributed by atoms with Gasteiger partial charge in [-0.1, -0.05) is 18.6 Å². The molecular weight excluding hydrogens is 324 g/mol. The van der Waals surface area contributed by atoms with E-state index in [1.165, 1.54) is 23.6 Å². The van der Waals surface area contributed by atoms with Crippen molar-refractivity contribution in [3.05, 3.63) is 29.3 Å². The summed E-state index contributed by atoms with van der Waals surface area (Å²) in [7, 11) is -3.52. The van der Waals surface area contributed by atoms with Gasteiger partial charge >= 0.3 is 0 Å². The van der Waals surface area contributed by atoms with Crippen LogP contribution < -0.4 is 9.62 Å². The molecule has 1 aromatic carbocycles. The molecule has 24 heavy (non-hydrogen) atoms. The fourth-order valence-corrected chi connectivity index (χ4v) is 5.08. The van der Waals surface area contributed by atoms with Crippen molar-refractivity contribution in [2.24, 2.45) is 11.8 Å². The first-order chi connectivity index (χ1) is 11.2. The van der Waals surface area contributed by atoms with Gasteiger partial charge in [-0.3, -0.25) is 9.10 Å². The average Bonchev–Trinajstić information content (AvgIpc) is 3.09. The third-order valence-electron chi connectivity index (χ3n) is 5.41. The number of sulfonamides is 1. The van der Waals surface area contributed by atoms with Crippen molar-refractivity contribution in [3.63, 3.8) is 0 Å². The normalized spacial score (nSPS) is 25.7. The summed E-state index contributed by atoms with van der Waals surface area (Å²) < 4.78 is 25.7. The third kappa shape index (κ3) is 3.58. The van der Waals surface area contributed by atoms with Gasteiger partial charge in [-0.25, -0.2) is 8.42 Å². The molecule has 0 saturated heterocycles. The molecule has 0 aromatic heterocycles. The smallest absolute Gasteiger partial charge is 0.241 e. The van der Waals surface area contributed by atoms with E-state index in [0.717, 1.165) is 29.7 Å². The Morgan fingerprint density at radius 3 is 2.58 bits per heavy atom. The van der Waals surface area contributed by atoms with Gasteiger partial charge in [-0.2, -0.15) is 0 Å². The molecule has 2 aliphatic carbocycles. The van der Waals surface area contributed by atoms with Crippen LogP contribution in [0.15, 0.2) is 18.2 Å². The summed E-state index contributed by atoms with van der Waals surface area (Å²) in [5.41, 5.74) is 2.40. The lowest BCUT2D eigenvalue weighted by Crippen LogP contribution is -2.45. The van der Waals surface area contributed by atoms with Gasteiger partial charge in [0.05, 0.1) is 11.9 Å². The minimum Gasteiger partial charge on any atom is -0.352 e. The van der Waals surface area contributed by atoms with Gasteiger partial charge < -0.3 is 5.32 Å². The second kappa shape index (κ2) is 6.39. The van der Waals surface area contributed by atoms with Crippen LogP contribution in [0, 0.1) is 25.7 Å². The molecule has 2 fully saturated rings. The maximum atomic E-state index is 12.5. The Bertz CT molecular complexity index is 745. The monoisotopic (exact) mass is 350 g/mol. The van der Waals surface area contributed by atoms with Crippen LogP contribution in [-0.2, 0) is 14.8 Å². The summed E-state index contributed by atoms with van der Waals surface area (Å²) in [6, 6.07) is 5.86. The molecule has 0 unspecified atom stereocenters. The molecule has 6 heteroatoms. The number of hydrogen-bond donors (Lipinski definition) is 1. The predicted molar refractivity (Wildman–Crippen MR) is 95.5 cm³/mol. The van der Waals surface area contributed by atoms with Crippen LogP contribution in [0.5, 0.6) is 0 Å². The Labute approximate surface area is 144 Å². The van der Waals surface area contributed by atoms with Crippen molar-refractivity contribution < 1.29 is 13.2 Å². The van der Waals surface area contributed by atoms with Gasteiger partial charge in [0.15, 0.2) is 0 Å². The van der Waals surface area contributed by atoms with E-state index < -0.39 is 10.0 Å². The fourth-order valence-electron chi connectivity index (χ4n) is 4.17. The minimum absolute atomic E-state index is 0.156. The van der Waals surface area contributed by atoms with Crippen molar-refractivity contribution in [1.82, 2.24) is 5.32 Å². The van der Waals surface area contributed by atoms with E-state index in [1.807, 2.05) is 32.0 Å². The van der Waals surface area contributed by atoms with Crippen LogP contribution in [0.2, 0.25) is 0 Å². The Hall–Kier alpha value is -1.56. The summed E-state index contributed by atoms with van der Waals surface area (Å²) >= 11 is 0. The highest BCUT2D eigenvalue weighted by Crippen LogP contribution is 2.44. The van der Waals surface area contributed by atoms with E-state index in [9.17, 15) is 13.2 Å². The van der Waals surface area contributed by atoms with Gasteiger partial charge in [0.1, 0.15) is 6.54 Å². The molecule has 3 atom stereocenters. The van der Waals surface area contributed by atoms with E-state index in [0.29, 0.717) is 11.6 Å². The maximum absolute atomic E-state index is 12.5.